The van der Waals surface area contributed by atoms with Crippen molar-refractivity contribution in [1.29, 1.82) is 0 Å². The molecule has 2 heterocycles. The van der Waals surface area contributed by atoms with Crippen LogP contribution in [0.25, 0.3) is 76.2 Å². The average molecular weight is 829 g/mol. The molecule has 12 rings (SSSR count). The predicted octanol–water partition coefficient (Wildman–Crippen LogP) is 17.7. The molecule has 4 heteroatoms. The van der Waals surface area contributed by atoms with E-state index in [0.717, 1.165) is 90.8 Å². The average Bonchev–Trinajstić information content (AvgIpc) is 3.87. The molecule has 64 heavy (non-hydrogen) atoms. The first-order valence-electron chi connectivity index (χ1n) is 22.6. The van der Waals surface area contributed by atoms with Gasteiger partial charge < -0.3 is 18.6 Å². The minimum Gasteiger partial charge on any atom is -0.454 e. The van der Waals surface area contributed by atoms with Crippen molar-refractivity contribution in [2.45, 2.75) is 54.4 Å². The number of hydrogen-bond donors (Lipinski definition) is 0. The van der Waals surface area contributed by atoms with Gasteiger partial charge >= 0.3 is 0 Å². The molecule has 2 aromatic heterocycles. The number of anilines is 6. The molecule has 0 amide bonds. The number of hydrogen-bond acceptors (Lipinski definition) is 4. The van der Waals surface area contributed by atoms with Crippen molar-refractivity contribution in [3.05, 3.63) is 191 Å². The number of fused-ring (bicyclic) bond motifs is 6. The predicted molar refractivity (Wildman–Crippen MR) is 272 cm³/mol. The minimum absolute atomic E-state index is 0.852. The zero-order valence-corrected chi connectivity index (χ0v) is 37.1. The second-order valence-electron chi connectivity index (χ2n) is 17.8. The Bertz CT molecular complexity index is 3540. The highest BCUT2D eigenvalue weighted by atomic mass is 16.3. The van der Waals surface area contributed by atoms with Gasteiger partial charge in [0.2, 0.25) is 0 Å². The Balaban J connectivity index is 1.17. The monoisotopic (exact) mass is 828 g/mol. The Hall–Kier alpha value is -7.56. The molecule has 310 valence electrons. The lowest BCUT2D eigenvalue weighted by molar-refractivity contribution is 0.668. The second kappa shape index (κ2) is 14.5. The Labute approximate surface area is 372 Å². The highest BCUT2D eigenvalue weighted by molar-refractivity contribution is 6.29. The first-order chi connectivity index (χ1) is 31.3. The van der Waals surface area contributed by atoms with E-state index in [0.29, 0.717) is 0 Å². The summed E-state index contributed by atoms with van der Waals surface area (Å²) in [5.41, 5.74) is 17.6. The summed E-state index contributed by atoms with van der Waals surface area (Å²) in [6.07, 6.45) is 1.70. The van der Waals surface area contributed by atoms with Crippen LogP contribution in [0.5, 0.6) is 0 Å². The van der Waals surface area contributed by atoms with E-state index in [1.807, 2.05) is 0 Å². The van der Waals surface area contributed by atoms with E-state index >= 15 is 0 Å². The van der Waals surface area contributed by atoms with Gasteiger partial charge in [0.05, 0.1) is 22.7 Å². The highest BCUT2D eigenvalue weighted by Crippen LogP contribution is 2.52. The lowest BCUT2D eigenvalue weighted by Crippen LogP contribution is -2.14. The Kier molecular flexibility index (Phi) is 8.64. The van der Waals surface area contributed by atoms with Gasteiger partial charge in [-0.25, -0.2) is 0 Å². The van der Waals surface area contributed by atoms with Crippen molar-refractivity contribution in [3.63, 3.8) is 0 Å². The summed E-state index contributed by atoms with van der Waals surface area (Å²) in [4.78, 5) is 4.96. The van der Waals surface area contributed by atoms with Gasteiger partial charge in [-0.15, -0.1) is 0 Å². The summed E-state index contributed by atoms with van der Waals surface area (Å²) in [7, 11) is 0. The molecule has 0 unspecified atom stereocenters. The molecule has 10 aromatic carbocycles. The van der Waals surface area contributed by atoms with Gasteiger partial charge in [-0.3, -0.25) is 0 Å². The van der Waals surface area contributed by atoms with Gasteiger partial charge in [-0.05, 0) is 144 Å². The number of para-hydroxylation sites is 2. The van der Waals surface area contributed by atoms with Crippen LogP contribution in [0.2, 0.25) is 0 Å². The summed E-state index contributed by atoms with van der Waals surface area (Å²) in [6, 6.07) is 58.3. The number of aryl methyl sites for hydroxylation is 6. The molecular formula is C60H48N2O2. The Morgan fingerprint density at radius 2 is 0.750 bits per heavy atom. The third-order valence-corrected chi connectivity index (χ3v) is 13.4. The first kappa shape index (κ1) is 38.1. The largest absolute Gasteiger partial charge is 0.454 e. The lowest BCUT2D eigenvalue weighted by Gasteiger charge is -2.31. The maximum atomic E-state index is 6.89. The molecule has 0 fully saturated rings. The van der Waals surface area contributed by atoms with E-state index in [2.05, 4.69) is 209 Å². The van der Waals surface area contributed by atoms with Gasteiger partial charge in [0.25, 0.3) is 0 Å². The SMILES string of the molecule is CCc1ccc2c(oc3ccccc32)c1N(c1cc(C)cc(C)c1)c1ccc2ccc3c(N(c4cc(C)cc(C)c4)c4c(CC)ccc5c4oc4ccccc45)ccc4ccc1c2c43. The van der Waals surface area contributed by atoms with Crippen LogP contribution in [-0.2, 0) is 12.8 Å². The number of furan rings is 2. The van der Waals surface area contributed by atoms with E-state index in [1.54, 1.807) is 0 Å². The molecule has 0 aliphatic rings. The Morgan fingerprint density at radius 3 is 1.16 bits per heavy atom. The molecule has 0 N–H and O–H groups in total. The van der Waals surface area contributed by atoms with E-state index in [9.17, 15) is 0 Å². The van der Waals surface area contributed by atoms with E-state index in [4.69, 9.17) is 8.83 Å². The molecule has 0 saturated heterocycles. The van der Waals surface area contributed by atoms with Crippen molar-refractivity contribution in [2.24, 2.45) is 0 Å². The molecule has 0 radical (unpaired) electrons. The second-order valence-corrected chi connectivity index (χ2v) is 17.8. The molecule has 4 nitrogen and oxygen atoms in total. The summed E-state index contributed by atoms with van der Waals surface area (Å²) >= 11 is 0. The molecule has 0 spiro atoms. The lowest BCUT2D eigenvalue weighted by atomic mass is 9.91. The standard InChI is InChI=1S/C60H48N2O2/c1-7-39-17-23-47-45-13-9-11-15-53(45)63-59(47)57(39)61(43-31-35(3)29-36(4)32-43)51-27-21-41-20-26-50-52(28-22-42-19-25-49(51)55(41)56(42)50)62(44-33-37(5)30-38(6)34-44)58-40(8-2)18-24-48-46-14-10-12-16-54(46)64-60(48)58/h9-34H,7-8H2,1-6H3. The van der Waals surface area contributed by atoms with Crippen molar-refractivity contribution in [3.8, 4) is 0 Å². The first-order valence-corrected chi connectivity index (χ1v) is 22.6. The molecule has 0 bridgehead atoms. The van der Waals surface area contributed by atoms with Crippen molar-refractivity contribution in [2.75, 3.05) is 9.80 Å². The van der Waals surface area contributed by atoms with Crippen LogP contribution < -0.4 is 9.80 Å². The van der Waals surface area contributed by atoms with Gasteiger partial charge in [0, 0.05) is 43.7 Å². The molecule has 0 saturated carbocycles. The van der Waals surface area contributed by atoms with Gasteiger partial charge in [0.1, 0.15) is 11.2 Å². The maximum absolute atomic E-state index is 6.89. The quantitative estimate of drug-likeness (QED) is 0.143. The maximum Gasteiger partial charge on any atom is 0.159 e. The van der Waals surface area contributed by atoms with Gasteiger partial charge in [-0.2, -0.15) is 0 Å². The fourth-order valence-corrected chi connectivity index (χ4v) is 10.8. The smallest absolute Gasteiger partial charge is 0.159 e. The van der Waals surface area contributed by atoms with Gasteiger partial charge in [0.15, 0.2) is 11.2 Å². The van der Waals surface area contributed by atoms with Crippen molar-refractivity contribution < 1.29 is 8.83 Å². The number of rotatable bonds is 8. The third-order valence-electron chi connectivity index (χ3n) is 13.4. The van der Waals surface area contributed by atoms with E-state index in [1.165, 1.54) is 65.7 Å². The van der Waals surface area contributed by atoms with Crippen LogP contribution in [0.3, 0.4) is 0 Å². The zero-order valence-electron chi connectivity index (χ0n) is 37.1. The van der Waals surface area contributed by atoms with Crippen LogP contribution in [0.1, 0.15) is 47.2 Å². The Morgan fingerprint density at radius 1 is 0.375 bits per heavy atom. The molecule has 12 aromatic rings. The van der Waals surface area contributed by atoms with Gasteiger partial charge in [-0.1, -0.05) is 123 Å². The summed E-state index contributed by atoms with van der Waals surface area (Å²) in [5, 5.41) is 11.8. The summed E-state index contributed by atoms with van der Waals surface area (Å²) < 4.78 is 13.8. The van der Waals surface area contributed by atoms with Crippen LogP contribution in [0.4, 0.5) is 34.1 Å². The fraction of sp³-hybridized carbons (Fsp3) is 0.133. The van der Waals surface area contributed by atoms with Crippen LogP contribution >= 0.6 is 0 Å². The van der Waals surface area contributed by atoms with Crippen LogP contribution in [-0.4, -0.2) is 0 Å². The number of nitrogens with zero attached hydrogens (tertiary/aromatic N) is 2. The van der Waals surface area contributed by atoms with Crippen molar-refractivity contribution in [1.82, 2.24) is 0 Å². The van der Waals surface area contributed by atoms with Crippen LogP contribution in [0.15, 0.2) is 167 Å². The zero-order chi connectivity index (χ0) is 43.4. The normalized spacial score (nSPS) is 12.0. The molecule has 0 atom stereocenters. The molecule has 0 aliphatic heterocycles. The third kappa shape index (κ3) is 5.75. The minimum atomic E-state index is 0.852. The van der Waals surface area contributed by atoms with Crippen LogP contribution in [0, 0.1) is 27.7 Å². The highest BCUT2D eigenvalue weighted by Gasteiger charge is 2.28. The molecule has 0 aliphatic carbocycles. The summed E-state index contributed by atoms with van der Waals surface area (Å²) in [5.74, 6) is 0. The topological polar surface area (TPSA) is 32.8 Å². The molecular weight excluding hydrogens is 781 g/mol. The van der Waals surface area contributed by atoms with Crippen molar-refractivity contribution >= 4 is 110 Å². The summed E-state index contributed by atoms with van der Waals surface area (Å²) in [6.45, 7) is 13.3. The number of benzene rings is 10. The fourth-order valence-electron chi connectivity index (χ4n) is 10.8. The van der Waals surface area contributed by atoms with E-state index in [-0.39, 0.29) is 0 Å². The van der Waals surface area contributed by atoms with E-state index < -0.39 is 0 Å².